The van der Waals surface area contributed by atoms with E-state index in [1.165, 1.54) is 20.5 Å². The quantitative estimate of drug-likeness (QED) is 0.168. The van der Waals surface area contributed by atoms with Gasteiger partial charge in [0.2, 0.25) is 0 Å². The fourth-order valence-electron chi connectivity index (χ4n) is 7.69. The van der Waals surface area contributed by atoms with Crippen LogP contribution in [0.5, 0.6) is 0 Å². The highest BCUT2D eigenvalue weighted by atomic mass is 32.1. The minimum absolute atomic E-state index is 0.629. The van der Waals surface area contributed by atoms with Gasteiger partial charge in [-0.05, 0) is 42.7 Å². The summed E-state index contributed by atoms with van der Waals surface area (Å²) in [5.41, 5.74) is 7.16. The van der Waals surface area contributed by atoms with Gasteiger partial charge in [0, 0.05) is 68.5 Å². The Kier molecular flexibility index (Phi) is 7.89. The molecule has 0 fully saturated rings. The predicted octanol–water partition coefficient (Wildman–Crippen LogP) is 12.6. The summed E-state index contributed by atoms with van der Waals surface area (Å²) in [7, 11) is 0. The minimum Gasteiger partial charge on any atom is -0.208 e. The molecule has 0 amide bonds. The number of benzene rings is 6. The maximum Gasteiger partial charge on any atom is 0.165 e. The molecule has 0 bridgehead atoms. The maximum absolute atomic E-state index is 5.31. The molecular weight excluding hydrogens is 725 g/mol. The van der Waals surface area contributed by atoms with E-state index < -0.39 is 0 Å². The van der Waals surface area contributed by atoms with E-state index in [-0.39, 0.29) is 0 Å². The average molecular weight is 755 g/mol. The van der Waals surface area contributed by atoms with Crippen LogP contribution in [0.3, 0.4) is 0 Å². The molecule has 11 rings (SSSR count). The van der Waals surface area contributed by atoms with Gasteiger partial charge in [-0.25, -0.2) is 29.9 Å². The molecule has 56 heavy (non-hydrogen) atoms. The van der Waals surface area contributed by atoms with Gasteiger partial charge in [0.15, 0.2) is 34.9 Å². The smallest absolute Gasteiger partial charge is 0.165 e. The van der Waals surface area contributed by atoms with E-state index in [1.807, 2.05) is 90.2 Å². The Hall–Kier alpha value is -6.74. The third-order valence-corrected chi connectivity index (χ3v) is 12.7. The van der Waals surface area contributed by atoms with E-state index in [4.69, 9.17) is 29.9 Å². The summed E-state index contributed by atoms with van der Waals surface area (Å²) in [6.07, 6.45) is 6.58. The molecule has 0 unspecified atom stereocenters. The monoisotopic (exact) mass is 754 g/mol. The second-order valence-corrected chi connectivity index (χ2v) is 15.9. The van der Waals surface area contributed by atoms with Gasteiger partial charge in [-0.15, -0.1) is 22.7 Å². The van der Waals surface area contributed by atoms with Crippen LogP contribution in [0, 0.1) is 0 Å². The number of fused-ring (bicyclic) bond motifs is 6. The number of rotatable bonds is 6. The molecule has 10 aromatic rings. The summed E-state index contributed by atoms with van der Waals surface area (Å²) in [4.78, 5) is 32.1. The lowest BCUT2D eigenvalue weighted by Gasteiger charge is -2.11. The van der Waals surface area contributed by atoms with Crippen molar-refractivity contribution in [3.63, 3.8) is 0 Å². The second-order valence-electron chi connectivity index (χ2n) is 13.7. The third kappa shape index (κ3) is 5.61. The number of thiophene rings is 2. The molecule has 0 spiro atoms. The number of aryl methyl sites for hydroxylation is 1. The Bertz CT molecular complexity index is 3080. The van der Waals surface area contributed by atoms with Gasteiger partial charge in [0.25, 0.3) is 0 Å². The first kappa shape index (κ1) is 32.7. The molecule has 0 aliphatic heterocycles. The molecule has 0 radical (unpaired) electrons. The molecule has 8 heteroatoms. The van der Waals surface area contributed by atoms with Crippen LogP contribution in [0.1, 0.15) is 16.9 Å². The first-order valence-corrected chi connectivity index (χ1v) is 20.2. The summed E-state index contributed by atoms with van der Waals surface area (Å²) < 4.78 is 3.49. The summed E-state index contributed by atoms with van der Waals surface area (Å²) >= 11 is 3.58. The van der Waals surface area contributed by atoms with Crippen molar-refractivity contribution in [1.29, 1.82) is 0 Å². The summed E-state index contributed by atoms with van der Waals surface area (Å²) in [6, 6.07) is 49.7. The fourth-order valence-corrected chi connectivity index (χ4v) is 10.1. The van der Waals surface area contributed by atoms with Crippen LogP contribution in [-0.2, 0) is 6.42 Å². The molecule has 6 nitrogen and oxygen atoms in total. The van der Waals surface area contributed by atoms with Crippen molar-refractivity contribution in [2.75, 3.05) is 0 Å². The zero-order chi connectivity index (χ0) is 37.0. The number of hydrogen-bond donors (Lipinski definition) is 0. The van der Waals surface area contributed by atoms with Crippen LogP contribution in [0.2, 0.25) is 0 Å². The molecule has 4 aromatic heterocycles. The first-order valence-electron chi connectivity index (χ1n) is 18.6. The number of hydrogen-bond acceptors (Lipinski definition) is 8. The Labute approximate surface area is 330 Å². The van der Waals surface area contributed by atoms with Gasteiger partial charge in [-0.3, -0.25) is 0 Å². The van der Waals surface area contributed by atoms with Crippen molar-refractivity contribution < 1.29 is 0 Å². The number of allylic oxidation sites excluding steroid dienone is 1. The van der Waals surface area contributed by atoms with Gasteiger partial charge in [-0.1, -0.05) is 133 Å². The lowest BCUT2D eigenvalue weighted by molar-refractivity contribution is 1.00. The van der Waals surface area contributed by atoms with Gasteiger partial charge in [-0.2, -0.15) is 0 Å². The molecular formula is C48H30N6S2. The zero-order valence-electron chi connectivity index (χ0n) is 29.9. The molecule has 4 heterocycles. The average Bonchev–Trinajstić information content (AvgIpc) is 3.86. The van der Waals surface area contributed by atoms with E-state index in [1.54, 1.807) is 11.3 Å². The lowest BCUT2D eigenvalue weighted by atomic mass is 9.97. The molecule has 0 saturated carbocycles. The normalized spacial score (nSPS) is 12.4. The van der Waals surface area contributed by atoms with Gasteiger partial charge in [0.1, 0.15) is 0 Å². The Morgan fingerprint density at radius 2 is 0.857 bits per heavy atom. The van der Waals surface area contributed by atoms with E-state index in [9.17, 15) is 0 Å². The molecule has 0 N–H and O–H groups in total. The van der Waals surface area contributed by atoms with Crippen molar-refractivity contribution in [3.8, 4) is 68.3 Å². The van der Waals surface area contributed by atoms with Crippen LogP contribution in [0.4, 0.5) is 0 Å². The predicted molar refractivity (Wildman–Crippen MR) is 231 cm³/mol. The van der Waals surface area contributed by atoms with Crippen LogP contribution in [0.25, 0.3) is 105 Å². The Morgan fingerprint density at radius 1 is 0.393 bits per heavy atom. The van der Waals surface area contributed by atoms with E-state index in [2.05, 4.69) is 78.9 Å². The van der Waals surface area contributed by atoms with Crippen LogP contribution in [-0.4, -0.2) is 29.9 Å². The third-order valence-electron chi connectivity index (χ3n) is 10.3. The molecule has 0 atom stereocenters. The van der Waals surface area contributed by atoms with Crippen molar-refractivity contribution in [2.24, 2.45) is 0 Å². The van der Waals surface area contributed by atoms with Gasteiger partial charge >= 0.3 is 0 Å². The van der Waals surface area contributed by atoms with Crippen LogP contribution < -0.4 is 0 Å². The summed E-state index contributed by atoms with van der Waals surface area (Å²) in [5.74, 6) is 3.88. The minimum atomic E-state index is 0.629. The Balaban J connectivity index is 1.13. The number of aromatic nitrogens is 6. The van der Waals surface area contributed by atoms with E-state index in [0.717, 1.165) is 66.4 Å². The largest absolute Gasteiger partial charge is 0.208 e. The van der Waals surface area contributed by atoms with Crippen molar-refractivity contribution >= 4 is 59.0 Å². The SMILES string of the molecule is C1=Cc2sc3cccc(-c4nc(-c5ccccc5)nc(-c5cccc6c5sc5cccc(-c7nc(-c8ccccc8)nc(-c8ccccc8)n7)c56)n4)c3c2CC1. The van der Waals surface area contributed by atoms with Crippen LogP contribution >= 0.6 is 22.7 Å². The van der Waals surface area contributed by atoms with E-state index in [0.29, 0.717) is 34.9 Å². The highest BCUT2D eigenvalue weighted by molar-refractivity contribution is 7.26. The number of nitrogens with zero attached hydrogens (tertiary/aromatic N) is 6. The van der Waals surface area contributed by atoms with Crippen molar-refractivity contribution in [1.82, 2.24) is 29.9 Å². The van der Waals surface area contributed by atoms with Crippen LogP contribution in [0.15, 0.2) is 152 Å². The second kappa shape index (κ2) is 13.5. The standard InChI is InChI=1S/C48H30N6S2/c1-4-15-29(16-5-1)43-49-44(30-17-6-2-7-18-30)51-46(50-43)35-24-14-28-39-41(35)33-22-12-25-36(42(33)56-39)48-53-45(31-19-8-3-9-20-31)52-47(54-48)34-23-13-27-38-40(34)32-21-10-11-26-37(32)55-38/h1-9,11-20,22-28H,10,21H2. The van der Waals surface area contributed by atoms with E-state index >= 15 is 0 Å². The highest BCUT2D eigenvalue weighted by Gasteiger charge is 2.22. The van der Waals surface area contributed by atoms with Gasteiger partial charge < -0.3 is 0 Å². The molecule has 0 saturated heterocycles. The molecule has 6 aromatic carbocycles. The first-order chi connectivity index (χ1) is 27.7. The lowest BCUT2D eigenvalue weighted by Crippen LogP contribution is -2.01. The summed E-state index contributed by atoms with van der Waals surface area (Å²) in [5, 5.41) is 3.45. The zero-order valence-corrected chi connectivity index (χ0v) is 31.6. The Morgan fingerprint density at radius 3 is 1.45 bits per heavy atom. The topological polar surface area (TPSA) is 77.3 Å². The molecule has 264 valence electrons. The van der Waals surface area contributed by atoms with Crippen molar-refractivity contribution in [2.45, 2.75) is 12.8 Å². The summed E-state index contributed by atoms with van der Waals surface area (Å²) in [6.45, 7) is 0. The fraction of sp³-hybridized carbons (Fsp3) is 0.0417. The molecule has 1 aliphatic carbocycles. The maximum atomic E-state index is 5.31. The van der Waals surface area contributed by atoms with Crippen molar-refractivity contribution in [3.05, 3.63) is 162 Å². The molecule has 1 aliphatic rings. The van der Waals surface area contributed by atoms with Gasteiger partial charge in [0.05, 0.1) is 0 Å². The highest BCUT2D eigenvalue weighted by Crippen LogP contribution is 2.45.